The lowest BCUT2D eigenvalue weighted by Gasteiger charge is -2.11. The molecule has 4 nitrogen and oxygen atoms in total. The van der Waals surface area contributed by atoms with Crippen molar-refractivity contribution in [3.63, 3.8) is 0 Å². The maximum absolute atomic E-state index is 12.7. The van der Waals surface area contributed by atoms with Gasteiger partial charge in [0.1, 0.15) is 0 Å². The highest BCUT2D eigenvalue weighted by Crippen LogP contribution is 2.26. The van der Waals surface area contributed by atoms with Gasteiger partial charge in [-0.25, -0.2) is 8.78 Å². The van der Waals surface area contributed by atoms with Gasteiger partial charge in [-0.2, -0.15) is 5.26 Å². The average molecular weight is 254 g/mol. The van der Waals surface area contributed by atoms with Gasteiger partial charge in [0.05, 0.1) is 25.2 Å². The molecular weight excluding hydrogens is 242 g/mol. The van der Waals surface area contributed by atoms with E-state index in [0.29, 0.717) is 5.56 Å². The van der Waals surface area contributed by atoms with E-state index in [1.807, 2.05) is 0 Å². The summed E-state index contributed by atoms with van der Waals surface area (Å²) in [5.41, 5.74) is 5.71. The second-order valence-corrected chi connectivity index (χ2v) is 3.58. The lowest BCUT2D eigenvalue weighted by Crippen LogP contribution is -2.10. The molecule has 6 heteroatoms. The van der Waals surface area contributed by atoms with Crippen LogP contribution in [0, 0.1) is 11.3 Å². The predicted molar refractivity (Wildman–Crippen MR) is 59.7 cm³/mol. The van der Waals surface area contributed by atoms with Crippen LogP contribution in [0.2, 0.25) is 0 Å². The van der Waals surface area contributed by atoms with Crippen molar-refractivity contribution in [1.29, 1.82) is 5.26 Å². The maximum Gasteiger partial charge on any atom is 0.310 e. The molecule has 0 amide bonds. The lowest BCUT2D eigenvalue weighted by molar-refractivity contribution is -0.139. The van der Waals surface area contributed by atoms with Crippen LogP contribution >= 0.6 is 0 Å². The van der Waals surface area contributed by atoms with Crippen molar-refractivity contribution >= 4 is 5.97 Å². The summed E-state index contributed by atoms with van der Waals surface area (Å²) in [6, 6.07) is 4.22. The second-order valence-electron chi connectivity index (χ2n) is 3.58. The molecule has 0 atom stereocenters. The SMILES string of the molecule is COC(=O)Cc1cc(CN)c(C(F)F)cc1C#N. The molecule has 0 radical (unpaired) electrons. The first-order chi connectivity index (χ1) is 8.53. The van der Waals surface area contributed by atoms with Gasteiger partial charge in [0.25, 0.3) is 6.43 Å². The van der Waals surface area contributed by atoms with Crippen molar-refractivity contribution in [3.8, 4) is 6.07 Å². The third-order valence-corrected chi connectivity index (χ3v) is 2.50. The van der Waals surface area contributed by atoms with Crippen molar-refractivity contribution in [2.75, 3.05) is 7.11 Å². The molecule has 2 N–H and O–H groups in total. The number of methoxy groups -OCH3 is 1. The molecule has 1 rings (SSSR count). The highest BCUT2D eigenvalue weighted by Gasteiger charge is 2.17. The largest absolute Gasteiger partial charge is 0.469 e. The third kappa shape index (κ3) is 3.02. The third-order valence-electron chi connectivity index (χ3n) is 2.50. The van der Waals surface area contributed by atoms with Gasteiger partial charge in [-0.1, -0.05) is 6.07 Å². The Morgan fingerprint density at radius 3 is 2.61 bits per heavy atom. The Kier molecular flexibility index (Phi) is 4.75. The van der Waals surface area contributed by atoms with Crippen LogP contribution in [0.4, 0.5) is 8.78 Å². The molecular formula is C12H12F2N2O2. The van der Waals surface area contributed by atoms with Gasteiger partial charge in [0.15, 0.2) is 0 Å². The number of hydrogen-bond donors (Lipinski definition) is 1. The molecule has 0 bridgehead atoms. The fraction of sp³-hybridized carbons (Fsp3) is 0.333. The van der Waals surface area contributed by atoms with Gasteiger partial charge < -0.3 is 10.5 Å². The number of nitrogens with two attached hydrogens (primary N) is 1. The van der Waals surface area contributed by atoms with E-state index in [2.05, 4.69) is 4.74 Å². The molecule has 0 aliphatic heterocycles. The number of halogens is 2. The van der Waals surface area contributed by atoms with Crippen molar-refractivity contribution in [2.24, 2.45) is 5.73 Å². The van der Waals surface area contributed by atoms with Crippen LogP contribution in [0.5, 0.6) is 0 Å². The van der Waals surface area contributed by atoms with E-state index in [-0.39, 0.29) is 29.7 Å². The van der Waals surface area contributed by atoms with Crippen LogP contribution in [0.25, 0.3) is 0 Å². The molecule has 0 aliphatic carbocycles. The number of hydrogen-bond acceptors (Lipinski definition) is 4. The van der Waals surface area contributed by atoms with Gasteiger partial charge >= 0.3 is 5.97 Å². The summed E-state index contributed by atoms with van der Waals surface area (Å²) in [5.74, 6) is -0.542. The molecule has 0 aliphatic rings. The molecule has 0 heterocycles. The molecule has 0 fully saturated rings. The molecule has 0 saturated carbocycles. The van der Waals surface area contributed by atoms with Gasteiger partial charge in [0.2, 0.25) is 0 Å². The number of ether oxygens (including phenoxy) is 1. The molecule has 0 spiro atoms. The van der Waals surface area contributed by atoms with E-state index in [9.17, 15) is 13.6 Å². The summed E-state index contributed by atoms with van der Waals surface area (Å²) in [7, 11) is 1.21. The fourth-order valence-corrected chi connectivity index (χ4v) is 1.57. The first-order valence-electron chi connectivity index (χ1n) is 5.14. The molecule has 1 aromatic carbocycles. The predicted octanol–water partition coefficient (Wildman–Crippen LogP) is 1.67. The number of alkyl halides is 2. The second kappa shape index (κ2) is 6.07. The zero-order chi connectivity index (χ0) is 13.7. The molecule has 0 saturated heterocycles. The summed E-state index contributed by atoms with van der Waals surface area (Å²) >= 11 is 0. The van der Waals surface area contributed by atoms with E-state index in [1.54, 1.807) is 6.07 Å². The van der Waals surface area contributed by atoms with Crippen LogP contribution in [-0.4, -0.2) is 13.1 Å². The lowest BCUT2D eigenvalue weighted by atomic mass is 9.97. The first kappa shape index (κ1) is 14.1. The Bertz CT molecular complexity index is 496. The summed E-state index contributed by atoms with van der Waals surface area (Å²) in [6.07, 6.45) is -2.85. The smallest absolute Gasteiger partial charge is 0.310 e. The molecule has 96 valence electrons. The van der Waals surface area contributed by atoms with Gasteiger partial charge in [-0.15, -0.1) is 0 Å². The quantitative estimate of drug-likeness (QED) is 0.829. The van der Waals surface area contributed by atoms with Crippen LogP contribution in [0.3, 0.4) is 0 Å². The van der Waals surface area contributed by atoms with Crippen molar-refractivity contribution in [1.82, 2.24) is 0 Å². The summed E-state index contributed by atoms with van der Waals surface area (Å²) in [4.78, 5) is 11.2. The fourth-order valence-electron chi connectivity index (χ4n) is 1.57. The Hall–Kier alpha value is -2.00. The standard InChI is InChI=1S/C12H12F2N2O2/c1-18-11(17)4-7-2-9(6-16)10(12(13)14)3-8(7)5-15/h2-3,12H,4,6,16H2,1H3. The Morgan fingerprint density at radius 1 is 1.50 bits per heavy atom. The van der Waals surface area contributed by atoms with Crippen LogP contribution < -0.4 is 5.73 Å². The summed E-state index contributed by atoms with van der Waals surface area (Å²) in [6.45, 7) is -0.0838. The maximum atomic E-state index is 12.7. The Balaban J connectivity index is 3.27. The van der Waals surface area contributed by atoms with Crippen molar-refractivity contribution in [2.45, 2.75) is 19.4 Å². The number of esters is 1. The van der Waals surface area contributed by atoms with Crippen LogP contribution in [-0.2, 0) is 22.5 Å². The first-order valence-corrected chi connectivity index (χ1v) is 5.14. The van der Waals surface area contributed by atoms with E-state index in [1.165, 1.54) is 13.2 Å². The molecule has 0 aromatic heterocycles. The summed E-state index contributed by atoms with van der Waals surface area (Å²) in [5, 5.41) is 8.90. The highest BCUT2D eigenvalue weighted by atomic mass is 19.3. The highest BCUT2D eigenvalue weighted by molar-refractivity contribution is 5.73. The average Bonchev–Trinajstić information content (AvgIpc) is 2.37. The zero-order valence-electron chi connectivity index (χ0n) is 9.74. The normalized spacial score (nSPS) is 10.2. The van der Waals surface area contributed by atoms with E-state index in [4.69, 9.17) is 11.0 Å². The molecule has 0 unspecified atom stereocenters. The van der Waals surface area contributed by atoms with Crippen LogP contribution in [0.15, 0.2) is 12.1 Å². The van der Waals surface area contributed by atoms with Gasteiger partial charge in [-0.05, 0) is 17.2 Å². The minimum Gasteiger partial charge on any atom is -0.469 e. The number of benzene rings is 1. The van der Waals surface area contributed by atoms with Gasteiger partial charge in [0, 0.05) is 12.1 Å². The van der Waals surface area contributed by atoms with E-state index >= 15 is 0 Å². The van der Waals surface area contributed by atoms with E-state index < -0.39 is 12.4 Å². The number of carbonyl (C=O) groups is 1. The number of nitrogens with zero attached hydrogens (tertiary/aromatic N) is 1. The van der Waals surface area contributed by atoms with Gasteiger partial charge in [-0.3, -0.25) is 4.79 Å². The van der Waals surface area contributed by atoms with Crippen LogP contribution in [0.1, 0.15) is 28.7 Å². The van der Waals surface area contributed by atoms with Crippen molar-refractivity contribution in [3.05, 3.63) is 34.4 Å². The molecule has 1 aromatic rings. The Morgan fingerprint density at radius 2 is 2.17 bits per heavy atom. The Labute approximate surface area is 103 Å². The minimum absolute atomic E-state index is 0.0351. The molecule has 18 heavy (non-hydrogen) atoms. The zero-order valence-corrected chi connectivity index (χ0v) is 9.74. The topological polar surface area (TPSA) is 76.1 Å². The summed E-state index contributed by atoms with van der Waals surface area (Å²) < 4.78 is 29.9. The number of rotatable bonds is 4. The monoisotopic (exact) mass is 254 g/mol. The number of carbonyl (C=O) groups excluding carboxylic acids is 1. The van der Waals surface area contributed by atoms with E-state index in [0.717, 1.165) is 6.07 Å². The number of nitriles is 1. The van der Waals surface area contributed by atoms with Crippen molar-refractivity contribution < 1.29 is 18.3 Å². The minimum atomic E-state index is -2.71.